The van der Waals surface area contributed by atoms with Gasteiger partial charge in [-0.1, -0.05) is 0 Å². The van der Waals surface area contributed by atoms with E-state index >= 15 is 0 Å². The van der Waals surface area contributed by atoms with Gasteiger partial charge in [0.1, 0.15) is 0 Å². The van der Waals surface area contributed by atoms with Crippen LogP contribution >= 0.6 is 12.2 Å². The highest BCUT2D eigenvalue weighted by molar-refractivity contribution is 7.92. The fraction of sp³-hybridized carbons (Fsp3) is 1.00. The normalized spacial score (nSPS) is 34.3. The molecule has 0 amide bonds. The highest BCUT2D eigenvalue weighted by atomic mass is 32.2. The van der Waals surface area contributed by atoms with E-state index in [9.17, 15) is 0 Å². The second-order valence-electron chi connectivity index (χ2n) is 1.75. The maximum absolute atomic E-state index is 5.01. The first-order chi connectivity index (χ1) is 3.30. The molecule has 1 atom stereocenters. The molecule has 0 spiro atoms. The Morgan fingerprint density at radius 3 is 2.71 bits per heavy atom. The Bertz CT molecular complexity index is 60.7. The van der Waals surface area contributed by atoms with Crippen molar-refractivity contribution in [2.24, 2.45) is 0 Å². The Labute approximate surface area is 48.2 Å². The van der Waals surface area contributed by atoms with E-state index in [-0.39, 0.29) is 0 Å². The minimum atomic E-state index is 0.588. The third-order valence-electron chi connectivity index (χ3n) is 1.10. The first-order valence-corrected chi connectivity index (χ1v) is 3.03. The fourth-order valence-electron chi connectivity index (χ4n) is 0.390. The van der Waals surface area contributed by atoms with Gasteiger partial charge in [0, 0.05) is 6.04 Å². The summed E-state index contributed by atoms with van der Waals surface area (Å²) in [6, 6.07) is 0.588. The van der Waals surface area contributed by atoms with E-state index in [2.05, 4.69) is 11.2 Å². The van der Waals surface area contributed by atoms with Crippen molar-refractivity contribution in [3.63, 3.8) is 0 Å². The molecule has 1 heterocycles. The van der Waals surface area contributed by atoms with Crippen LogP contribution < -0.4 is 0 Å². The Morgan fingerprint density at radius 2 is 2.57 bits per heavy atom. The van der Waals surface area contributed by atoms with Gasteiger partial charge in [-0.15, -0.1) is 0 Å². The molecule has 1 aliphatic rings. The lowest BCUT2D eigenvalue weighted by Crippen LogP contribution is -2.17. The largest absolute Gasteiger partial charge is 0.299 e. The second kappa shape index (κ2) is 2.03. The quantitative estimate of drug-likeness (QED) is 0.347. The summed E-state index contributed by atoms with van der Waals surface area (Å²) in [6.07, 6.45) is 0. The fourth-order valence-corrected chi connectivity index (χ4v) is 1.02. The molecule has 1 rings (SSSR count). The summed E-state index contributed by atoms with van der Waals surface area (Å²) < 4.78 is 7.11. The zero-order chi connectivity index (χ0) is 5.28. The molecule has 1 fully saturated rings. The number of nitrogens with zero attached hydrogens (tertiary/aromatic N) is 1. The van der Waals surface area contributed by atoms with Crippen LogP contribution in [-0.4, -0.2) is 24.0 Å². The van der Waals surface area contributed by atoms with Crippen LogP contribution in [0, 0.1) is 0 Å². The van der Waals surface area contributed by atoms with Gasteiger partial charge in [0.15, 0.2) is 0 Å². The van der Waals surface area contributed by atoms with E-state index in [1.165, 1.54) is 12.2 Å². The SMILES string of the molecule is CC1COSN1C. The average Bonchev–Trinajstić information content (AvgIpc) is 1.91. The van der Waals surface area contributed by atoms with Crippen molar-refractivity contribution in [2.45, 2.75) is 13.0 Å². The molecular formula is C4H9NOS. The van der Waals surface area contributed by atoms with Crippen LogP contribution in [0.4, 0.5) is 0 Å². The topological polar surface area (TPSA) is 12.5 Å². The standard InChI is InChI=1S/C4H9NOS/c1-4-3-6-7-5(4)2/h4H,3H2,1-2H3. The lowest BCUT2D eigenvalue weighted by atomic mass is 10.4. The third kappa shape index (κ3) is 1.08. The summed E-state index contributed by atoms with van der Waals surface area (Å²) in [5.41, 5.74) is 0. The lowest BCUT2D eigenvalue weighted by molar-refractivity contribution is 0.347. The molecule has 0 aliphatic carbocycles. The zero-order valence-electron chi connectivity index (χ0n) is 4.55. The molecule has 3 heteroatoms. The summed E-state index contributed by atoms with van der Waals surface area (Å²) in [5, 5.41) is 0. The molecule has 2 nitrogen and oxygen atoms in total. The smallest absolute Gasteiger partial charge is 0.0820 e. The van der Waals surface area contributed by atoms with Crippen molar-refractivity contribution in [1.82, 2.24) is 4.31 Å². The van der Waals surface area contributed by atoms with Crippen LogP contribution in [0.15, 0.2) is 0 Å². The third-order valence-corrected chi connectivity index (χ3v) is 1.94. The molecule has 7 heavy (non-hydrogen) atoms. The minimum Gasteiger partial charge on any atom is -0.299 e. The van der Waals surface area contributed by atoms with Gasteiger partial charge < -0.3 is 0 Å². The molecule has 0 radical (unpaired) electrons. The molecule has 0 saturated carbocycles. The molecule has 1 unspecified atom stereocenters. The molecular weight excluding hydrogens is 110 g/mol. The molecule has 1 saturated heterocycles. The molecule has 0 aromatic carbocycles. The number of hydrogen-bond acceptors (Lipinski definition) is 3. The van der Waals surface area contributed by atoms with Crippen LogP contribution in [0.2, 0.25) is 0 Å². The van der Waals surface area contributed by atoms with Gasteiger partial charge in [0.05, 0.1) is 18.8 Å². The summed E-state index contributed by atoms with van der Waals surface area (Å²) in [6.45, 7) is 3.00. The highest BCUT2D eigenvalue weighted by Crippen LogP contribution is 2.20. The Kier molecular flexibility index (Phi) is 1.57. The maximum atomic E-state index is 5.01. The van der Waals surface area contributed by atoms with Gasteiger partial charge in [-0.2, -0.15) is 0 Å². The van der Waals surface area contributed by atoms with Crippen molar-refractivity contribution >= 4 is 12.2 Å². The number of hydrogen-bond donors (Lipinski definition) is 0. The van der Waals surface area contributed by atoms with E-state index in [1.54, 1.807) is 0 Å². The number of rotatable bonds is 0. The first kappa shape index (κ1) is 5.41. The van der Waals surface area contributed by atoms with Crippen molar-refractivity contribution in [3.8, 4) is 0 Å². The summed E-state index contributed by atoms with van der Waals surface area (Å²) in [4.78, 5) is 0. The average molecular weight is 119 g/mol. The van der Waals surface area contributed by atoms with E-state index < -0.39 is 0 Å². The van der Waals surface area contributed by atoms with Crippen molar-refractivity contribution in [3.05, 3.63) is 0 Å². The van der Waals surface area contributed by atoms with E-state index in [4.69, 9.17) is 4.18 Å². The van der Waals surface area contributed by atoms with E-state index in [0.29, 0.717) is 6.04 Å². The molecule has 1 aliphatic heterocycles. The predicted molar refractivity (Wildman–Crippen MR) is 30.8 cm³/mol. The number of likely N-dealkylation sites (N-methyl/N-ethyl adjacent to an activating group) is 1. The zero-order valence-corrected chi connectivity index (χ0v) is 5.36. The molecule has 0 bridgehead atoms. The van der Waals surface area contributed by atoms with Gasteiger partial charge in [-0.25, -0.2) is 4.31 Å². The van der Waals surface area contributed by atoms with Crippen LogP contribution in [-0.2, 0) is 4.18 Å². The molecule has 0 N–H and O–H groups in total. The van der Waals surface area contributed by atoms with E-state index in [0.717, 1.165) is 6.61 Å². The second-order valence-corrected chi connectivity index (χ2v) is 2.71. The van der Waals surface area contributed by atoms with Gasteiger partial charge in [-0.05, 0) is 14.0 Å². The van der Waals surface area contributed by atoms with E-state index in [1.807, 2.05) is 7.05 Å². The Balaban J connectivity index is 2.33. The van der Waals surface area contributed by atoms with Crippen LogP contribution in [0.3, 0.4) is 0 Å². The first-order valence-electron chi connectivity index (χ1n) is 2.33. The van der Waals surface area contributed by atoms with Crippen LogP contribution in [0.1, 0.15) is 6.92 Å². The van der Waals surface area contributed by atoms with Crippen molar-refractivity contribution in [1.29, 1.82) is 0 Å². The van der Waals surface area contributed by atoms with Gasteiger partial charge >= 0.3 is 0 Å². The molecule has 0 aromatic rings. The minimum absolute atomic E-state index is 0.588. The van der Waals surface area contributed by atoms with Crippen LogP contribution in [0.5, 0.6) is 0 Å². The van der Waals surface area contributed by atoms with Crippen molar-refractivity contribution in [2.75, 3.05) is 13.7 Å². The highest BCUT2D eigenvalue weighted by Gasteiger charge is 2.17. The Morgan fingerprint density at radius 1 is 1.86 bits per heavy atom. The van der Waals surface area contributed by atoms with Gasteiger partial charge in [0.25, 0.3) is 0 Å². The molecule has 0 aromatic heterocycles. The summed E-state index contributed by atoms with van der Waals surface area (Å²) in [5.74, 6) is 0. The monoisotopic (exact) mass is 119 g/mol. The summed E-state index contributed by atoms with van der Waals surface area (Å²) >= 11 is 1.44. The maximum Gasteiger partial charge on any atom is 0.0820 e. The van der Waals surface area contributed by atoms with Gasteiger partial charge in [-0.3, -0.25) is 4.18 Å². The van der Waals surface area contributed by atoms with Gasteiger partial charge in [0.2, 0.25) is 0 Å². The van der Waals surface area contributed by atoms with Crippen LogP contribution in [0.25, 0.3) is 0 Å². The Hall–Kier alpha value is 0.270. The predicted octanol–water partition coefficient (Wildman–Crippen LogP) is 0.900. The summed E-state index contributed by atoms with van der Waals surface area (Å²) in [7, 11) is 2.03. The lowest BCUT2D eigenvalue weighted by Gasteiger charge is -2.06. The molecule has 42 valence electrons. The van der Waals surface area contributed by atoms with Crippen molar-refractivity contribution < 1.29 is 4.18 Å².